The summed E-state index contributed by atoms with van der Waals surface area (Å²) in [5.41, 5.74) is 1.15. The molecular formula is C22H24Cl2N2O4. The number of carbonyl (C=O) groups is 2. The second-order valence-electron chi connectivity index (χ2n) is 7.81. The quantitative estimate of drug-likeness (QED) is 0.648. The van der Waals surface area contributed by atoms with E-state index in [0.717, 1.165) is 11.1 Å². The van der Waals surface area contributed by atoms with Crippen LogP contribution in [0.2, 0.25) is 10.0 Å². The number of hydrogen-bond acceptors (Lipinski definition) is 6. The van der Waals surface area contributed by atoms with Crippen LogP contribution in [-0.4, -0.2) is 31.7 Å². The molecule has 0 saturated heterocycles. The third-order valence-corrected chi connectivity index (χ3v) is 5.76. The molecular weight excluding hydrogens is 427 g/mol. The minimum absolute atomic E-state index is 0.0420. The van der Waals surface area contributed by atoms with Gasteiger partial charge >= 0.3 is 11.9 Å². The molecule has 3 rings (SSSR count). The van der Waals surface area contributed by atoms with Gasteiger partial charge in [-0.05, 0) is 56.2 Å². The number of anilines is 2. The second-order valence-corrected chi connectivity index (χ2v) is 8.68. The van der Waals surface area contributed by atoms with Gasteiger partial charge < -0.3 is 20.1 Å². The molecule has 0 aliphatic carbocycles. The molecule has 6 nitrogen and oxygen atoms in total. The SMILES string of the molecule is COC(=O)[C@@]1(C)C[C@@](Nc2cc(Cl)cc(Cl)c2)(C(=O)OC)c2c(C)cc(C)cc2N1. The van der Waals surface area contributed by atoms with Crippen LogP contribution in [0.1, 0.15) is 30.0 Å². The van der Waals surface area contributed by atoms with Gasteiger partial charge in [-0.25, -0.2) is 9.59 Å². The Balaban J connectivity index is 2.31. The summed E-state index contributed by atoms with van der Waals surface area (Å²) in [5.74, 6) is -1.03. The van der Waals surface area contributed by atoms with Gasteiger partial charge in [-0.2, -0.15) is 0 Å². The van der Waals surface area contributed by atoms with E-state index in [1.165, 1.54) is 14.2 Å². The monoisotopic (exact) mass is 450 g/mol. The first-order chi connectivity index (χ1) is 14.0. The number of hydrogen-bond donors (Lipinski definition) is 2. The highest BCUT2D eigenvalue weighted by Crippen LogP contribution is 2.47. The lowest BCUT2D eigenvalue weighted by Gasteiger charge is -2.46. The van der Waals surface area contributed by atoms with E-state index in [2.05, 4.69) is 10.6 Å². The van der Waals surface area contributed by atoms with Crippen LogP contribution < -0.4 is 10.6 Å². The minimum Gasteiger partial charge on any atom is -0.467 e. The van der Waals surface area contributed by atoms with Gasteiger partial charge in [0.05, 0.1) is 14.2 Å². The van der Waals surface area contributed by atoms with Gasteiger partial charge in [0.1, 0.15) is 5.54 Å². The Hall–Kier alpha value is -2.44. The summed E-state index contributed by atoms with van der Waals surface area (Å²) in [4.78, 5) is 26.1. The molecule has 1 heterocycles. The molecule has 30 heavy (non-hydrogen) atoms. The van der Waals surface area contributed by atoms with Crippen LogP contribution in [0.15, 0.2) is 30.3 Å². The van der Waals surface area contributed by atoms with E-state index in [1.807, 2.05) is 26.0 Å². The fraction of sp³-hybridized carbons (Fsp3) is 0.364. The summed E-state index contributed by atoms with van der Waals surface area (Å²) >= 11 is 12.4. The molecule has 2 aromatic rings. The molecule has 0 bridgehead atoms. The topological polar surface area (TPSA) is 76.7 Å². The van der Waals surface area contributed by atoms with Crippen LogP contribution in [0, 0.1) is 13.8 Å². The predicted molar refractivity (Wildman–Crippen MR) is 118 cm³/mol. The molecule has 2 aromatic carbocycles. The molecule has 160 valence electrons. The number of nitrogens with one attached hydrogen (secondary N) is 2. The third kappa shape index (κ3) is 3.82. The first-order valence-electron chi connectivity index (χ1n) is 9.35. The molecule has 2 N–H and O–H groups in total. The molecule has 0 radical (unpaired) electrons. The largest absolute Gasteiger partial charge is 0.467 e. The van der Waals surface area contributed by atoms with Gasteiger partial charge in [0.25, 0.3) is 0 Å². The number of benzene rings is 2. The van der Waals surface area contributed by atoms with E-state index >= 15 is 0 Å². The molecule has 0 spiro atoms. The summed E-state index contributed by atoms with van der Waals surface area (Å²) in [6.45, 7) is 5.56. The minimum atomic E-state index is -1.38. The molecule has 0 aromatic heterocycles. The Morgan fingerprint density at radius 1 is 1.00 bits per heavy atom. The van der Waals surface area contributed by atoms with Crippen molar-refractivity contribution in [1.29, 1.82) is 0 Å². The molecule has 0 saturated carbocycles. The van der Waals surface area contributed by atoms with E-state index in [1.54, 1.807) is 25.1 Å². The summed E-state index contributed by atoms with van der Waals surface area (Å²) in [6.07, 6.45) is 0.0420. The highest BCUT2D eigenvalue weighted by atomic mass is 35.5. The van der Waals surface area contributed by atoms with Crippen LogP contribution in [0.25, 0.3) is 0 Å². The number of ether oxygens (including phenoxy) is 2. The molecule has 0 amide bonds. The predicted octanol–water partition coefficient (Wildman–Crippen LogP) is 4.84. The van der Waals surface area contributed by atoms with Crippen LogP contribution >= 0.6 is 23.2 Å². The number of esters is 2. The first kappa shape index (κ1) is 22.2. The lowest BCUT2D eigenvalue weighted by Crippen LogP contribution is -2.59. The van der Waals surface area contributed by atoms with Crippen molar-refractivity contribution in [1.82, 2.24) is 0 Å². The lowest BCUT2D eigenvalue weighted by atomic mass is 9.72. The number of aryl methyl sites for hydroxylation is 2. The fourth-order valence-electron chi connectivity index (χ4n) is 4.32. The normalized spacial score (nSPS) is 22.5. The number of carbonyl (C=O) groups excluding carboxylic acids is 2. The van der Waals surface area contributed by atoms with E-state index in [4.69, 9.17) is 32.7 Å². The van der Waals surface area contributed by atoms with Crippen LogP contribution in [-0.2, 0) is 24.6 Å². The van der Waals surface area contributed by atoms with Gasteiger partial charge in [-0.3, -0.25) is 0 Å². The highest BCUT2D eigenvalue weighted by Gasteiger charge is 2.55. The molecule has 2 atom stereocenters. The van der Waals surface area contributed by atoms with E-state index < -0.39 is 23.0 Å². The molecule has 8 heteroatoms. The maximum atomic E-state index is 13.3. The average molecular weight is 451 g/mol. The molecule has 1 aliphatic rings. The van der Waals surface area contributed by atoms with Gasteiger partial charge in [0.2, 0.25) is 0 Å². The average Bonchev–Trinajstić information content (AvgIpc) is 2.64. The first-order valence-corrected chi connectivity index (χ1v) is 10.1. The second kappa shape index (κ2) is 8.00. The van der Waals surface area contributed by atoms with Gasteiger partial charge in [-0.1, -0.05) is 29.3 Å². The van der Waals surface area contributed by atoms with Gasteiger partial charge in [0.15, 0.2) is 5.54 Å². The highest BCUT2D eigenvalue weighted by molar-refractivity contribution is 6.35. The zero-order valence-corrected chi connectivity index (χ0v) is 19.0. The van der Waals surface area contributed by atoms with Crippen molar-refractivity contribution in [2.24, 2.45) is 0 Å². The van der Waals surface area contributed by atoms with Crippen molar-refractivity contribution in [3.63, 3.8) is 0 Å². The summed E-state index contributed by atoms with van der Waals surface area (Å²) in [7, 11) is 2.63. The van der Waals surface area contributed by atoms with Gasteiger partial charge in [0, 0.05) is 33.4 Å². The van der Waals surface area contributed by atoms with Crippen molar-refractivity contribution in [3.8, 4) is 0 Å². The van der Waals surface area contributed by atoms with Crippen molar-refractivity contribution in [3.05, 3.63) is 57.1 Å². The molecule has 0 unspecified atom stereocenters. The molecule has 1 aliphatic heterocycles. The van der Waals surface area contributed by atoms with Crippen LogP contribution in [0.5, 0.6) is 0 Å². The summed E-state index contributed by atoms with van der Waals surface area (Å²) in [6, 6.07) is 8.80. The molecule has 0 fully saturated rings. The fourth-order valence-corrected chi connectivity index (χ4v) is 4.85. The smallest absolute Gasteiger partial charge is 0.336 e. The van der Waals surface area contributed by atoms with E-state index in [0.29, 0.717) is 27.0 Å². The number of fused-ring (bicyclic) bond motifs is 1. The summed E-state index contributed by atoms with van der Waals surface area (Å²) in [5, 5.41) is 7.38. The maximum absolute atomic E-state index is 13.3. The lowest BCUT2D eigenvalue weighted by molar-refractivity contribution is -0.151. The zero-order chi connectivity index (χ0) is 22.3. The van der Waals surface area contributed by atoms with Crippen molar-refractivity contribution < 1.29 is 19.1 Å². The Kier molecular flexibility index (Phi) is 5.94. The zero-order valence-electron chi connectivity index (χ0n) is 17.5. The van der Waals surface area contributed by atoms with E-state index in [-0.39, 0.29) is 6.42 Å². The standard InChI is InChI=1S/C22H24Cl2N2O4/c1-12-6-13(2)18-17(7-12)26-21(3,19(27)29-4)11-22(18,20(28)30-5)25-16-9-14(23)8-15(24)10-16/h6-10,25-26H,11H2,1-5H3/t21-,22+/m1/s1. The van der Waals surface area contributed by atoms with Crippen LogP contribution in [0.4, 0.5) is 11.4 Å². The van der Waals surface area contributed by atoms with Crippen LogP contribution in [0.3, 0.4) is 0 Å². The number of methoxy groups -OCH3 is 2. The van der Waals surface area contributed by atoms with E-state index in [9.17, 15) is 9.59 Å². The van der Waals surface area contributed by atoms with Crippen molar-refractivity contribution in [2.75, 3.05) is 24.9 Å². The Morgan fingerprint density at radius 2 is 1.60 bits per heavy atom. The summed E-state index contributed by atoms with van der Waals surface area (Å²) < 4.78 is 10.3. The maximum Gasteiger partial charge on any atom is 0.336 e. The number of halogens is 2. The van der Waals surface area contributed by atoms with Crippen molar-refractivity contribution in [2.45, 2.75) is 38.3 Å². The third-order valence-electron chi connectivity index (χ3n) is 5.33. The Morgan fingerprint density at radius 3 is 2.17 bits per heavy atom. The number of rotatable bonds is 4. The van der Waals surface area contributed by atoms with Crippen molar-refractivity contribution >= 4 is 46.5 Å². The van der Waals surface area contributed by atoms with Gasteiger partial charge in [-0.15, -0.1) is 0 Å². The Labute approximate surface area is 185 Å². The Bertz CT molecular complexity index is 1010.